The Kier molecular flexibility index (Phi) is 4.90. The Morgan fingerprint density at radius 1 is 1.03 bits per heavy atom. The summed E-state index contributed by atoms with van der Waals surface area (Å²) in [4.78, 5) is 35.4. The van der Waals surface area contributed by atoms with Gasteiger partial charge in [0.1, 0.15) is 0 Å². The number of benzene rings is 2. The first-order valence-corrected chi connectivity index (χ1v) is 11.2. The van der Waals surface area contributed by atoms with Gasteiger partial charge in [-0.2, -0.15) is 0 Å². The molecule has 0 saturated heterocycles. The molecule has 148 valence electrons. The van der Waals surface area contributed by atoms with Gasteiger partial charge in [-0.3, -0.25) is 18.6 Å². The van der Waals surface area contributed by atoms with Crippen molar-refractivity contribution in [2.24, 2.45) is 0 Å². The number of thioether (sulfide) groups is 1. The van der Waals surface area contributed by atoms with Crippen molar-refractivity contribution in [1.29, 1.82) is 0 Å². The summed E-state index contributed by atoms with van der Waals surface area (Å²) in [5.74, 6) is 0.388. The fourth-order valence-corrected chi connectivity index (χ4v) is 5.01. The van der Waals surface area contributed by atoms with Crippen LogP contribution in [0.4, 0.5) is 0 Å². The molecule has 0 saturated carbocycles. The zero-order valence-corrected chi connectivity index (χ0v) is 17.7. The van der Waals surface area contributed by atoms with Crippen LogP contribution < -0.4 is 11.1 Å². The number of para-hydroxylation sites is 2. The van der Waals surface area contributed by atoms with Crippen LogP contribution in [0.25, 0.3) is 21.6 Å². The Labute approximate surface area is 183 Å². The maximum Gasteiger partial charge on any atom is 0.266 e. The average Bonchev–Trinajstić information content (AvgIpc) is 3.23. The van der Waals surface area contributed by atoms with Gasteiger partial charge in [0.05, 0.1) is 27.3 Å². The maximum absolute atomic E-state index is 13.3. The Hall–Kier alpha value is -2.94. The average molecular weight is 453 g/mol. The zero-order chi connectivity index (χ0) is 20.7. The normalized spacial score (nSPS) is 11.4. The molecule has 0 radical (unpaired) electrons. The standard InChI is InChI=1S/C21H13ClN4O2S2/c22-15-6-2-4-8-17(15)26-19(28)14-5-1-3-7-16(14)24-21(26)30-12-13-11-18(27)25-9-10-29-20(25)23-13/h1-11H,12H2. The number of hydrogen-bond donors (Lipinski definition) is 0. The van der Waals surface area contributed by atoms with Gasteiger partial charge >= 0.3 is 0 Å². The van der Waals surface area contributed by atoms with E-state index in [4.69, 9.17) is 16.6 Å². The number of fused-ring (bicyclic) bond motifs is 2. The van der Waals surface area contributed by atoms with Crippen LogP contribution in [0.5, 0.6) is 0 Å². The number of rotatable bonds is 4. The van der Waals surface area contributed by atoms with E-state index in [1.165, 1.54) is 38.1 Å². The lowest BCUT2D eigenvalue weighted by Crippen LogP contribution is -2.22. The summed E-state index contributed by atoms with van der Waals surface area (Å²) in [5, 5.41) is 3.27. The van der Waals surface area contributed by atoms with Crippen LogP contribution in [-0.2, 0) is 5.75 Å². The van der Waals surface area contributed by atoms with Crippen molar-refractivity contribution in [1.82, 2.24) is 18.9 Å². The largest absolute Gasteiger partial charge is 0.269 e. The molecular weight excluding hydrogens is 440 g/mol. The predicted octanol–water partition coefficient (Wildman–Crippen LogP) is 4.40. The molecule has 3 aromatic heterocycles. The molecule has 0 amide bonds. The molecule has 30 heavy (non-hydrogen) atoms. The van der Waals surface area contributed by atoms with Crippen LogP contribution in [0.2, 0.25) is 5.02 Å². The molecule has 0 aliphatic rings. The van der Waals surface area contributed by atoms with Gasteiger partial charge in [-0.25, -0.2) is 9.97 Å². The summed E-state index contributed by atoms with van der Waals surface area (Å²) in [7, 11) is 0. The van der Waals surface area contributed by atoms with Gasteiger partial charge in [0.2, 0.25) is 0 Å². The van der Waals surface area contributed by atoms with Gasteiger partial charge in [-0.05, 0) is 24.3 Å². The van der Waals surface area contributed by atoms with Gasteiger partial charge in [-0.1, -0.05) is 47.6 Å². The predicted molar refractivity (Wildman–Crippen MR) is 121 cm³/mol. The van der Waals surface area contributed by atoms with Crippen molar-refractivity contribution in [3.8, 4) is 5.69 Å². The summed E-state index contributed by atoms with van der Waals surface area (Å²) in [6.45, 7) is 0. The van der Waals surface area contributed by atoms with Gasteiger partial charge in [-0.15, -0.1) is 11.3 Å². The van der Waals surface area contributed by atoms with Gasteiger partial charge < -0.3 is 0 Å². The lowest BCUT2D eigenvalue weighted by molar-refractivity contribution is 0.819. The first kappa shape index (κ1) is 19.0. The number of thiazole rings is 1. The molecule has 0 spiro atoms. The Morgan fingerprint density at radius 3 is 2.70 bits per heavy atom. The highest BCUT2D eigenvalue weighted by Crippen LogP contribution is 2.27. The van der Waals surface area contributed by atoms with Crippen molar-refractivity contribution in [3.05, 3.63) is 97.6 Å². The molecule has 5 rings (SSSR count). The quantitative estimate of drug-likeness (QED) is 0.298. The van der Waals surface area contributed by atoms with Crippen molar-refractivity contribution < 1.29 is 0 Å². The SMILES string of the molecule is O=c1c2ccccc2nc(SCc2cc(=O)n3ccsc3n2)n1-c1ccccc1Cl. The lowest BCUT2D eigenvalue weighted by atomic mass is 10.2. The second kappa shape index (κ2) is 7.71. The van der Waals surface area contributed by atoms with Crippen molar-refractivity contribution in [2.75, 3.05) is 0 Å². The molecule has 0 bridgehead atoms. The minimum atomic E-state index is -0.196. The van der Waals surface area contributed by atoms with E-state index in [2.05, 4.69) is 4.98 Å². The number of halogens is 1. The molecule has 3 heterocycles. The third kappa shape index (κ3) is 3.32. The molecule has 0 aliphatic carbocycles. The molecule has 9 heteroatoms. The molecule has 0 atom stereocenters. The van der Waals surface area contributed by atoms with Crippen LogP contribution in [0.3, 0.4) is 0 Å². The monoisotopic (exact) mass is 452 g/mol. The van der Waals surface area contributed by atoms with Crippen LogP contribution in [0.1, 0.15) is 5.69 Å². The van der Waals surface area contributed by atoms with Gasteiger partial charge in [0.15, 0.2) is 10.1 Å². The molecule has 0 fully saturated rings. The third-order valence-corrected chi connectivity index (χ3v) is 6.59. The van der Waals surface area contributed by atoms with Crippen LogP contribution >= 0.6 is 34.7 Å². The van der Waals surface area contributed by atoms with Crippen molar-refractivity contribution >= 4 is 50.6 Å². The molecule has 6 nitrogen and oxygen atoms in total. The molecular formula is C21H13ClN4O2S2. The fraction of sp³-hybridized carbons (Fsp3) is 0.0476. The Bertz CT molecular complexity index is 1520. The smallest absolute Gasteiger partial charge is 0.266 e. The minimum absolute atomic E-state index is 0.133. The summed E-state index contributed by atoms with van der Waals surface area (Å²) in [6.07, 6.45) is 1.70. The van der Waals surface area contributed by atoms with E-state index in [1.807, 2.05) is 29.6 Å². The minimum Gasteiger partial charge on any atom is -0.269 e. The summed E-state index contributed by atoms with van der Waals surface area (Å²) < 4.78 is 3.03. The Morgan fingerprint density at radius 2 is 1.83 bits per heavy atom. The van der Waals surface area contributed by atoms with Crippen molar-refractivity contribution in [2.45, 2.75) is 10.9 Å². The summed E-state index contributed by atoms with van der Waals surface area (Å²) >= 11 is 9.13. The van der Waals surface area contributed by atoms with Crippen LogP contribution in [-0.4, -0.2) is 18.9 Å². The van der Waals surface area contributed by atoms with Gasteiger partial charge in [0, 0.05) is 23.4 Å². The summed E-state index contributed by atoms with van der Waals surface area (Å²) in [5.41, 5.74) is 1.46. The number of nitrogens with zero attached hydrogens (tertiary/aromatic N) is 4. The maximum atomic E-state index is 13.3. The highest BCUT2D eigenvalue weighted by atomic mass is 35.5. The summed E-state index contributed by atoms with van der Waals surface area (Å²) in [6, 6.07) is 15.9. The molecule has 0 aliphatic heterocycles. The van der Waals surface area contributed by atoms with Crippen molar-refractivity contribution in [3.63, 3.8) is 0 Å². The second-order valence-electron chi connectivity index (χ2n) is 6.43. The number of aromatic nitrogens is 4. The van der Waals surface area contributed by atoms with E-state index in [-0.39, 0.29) is 11.1 Å². The van der Waals surface area contributed by atoms with E-state index in [0.717, 1.165) is 0 Å². The van der Waals surface area contributed by atoms with E-state index < -0.39 is 0 Å². The molecule has 0 N–H and O–H groups in total. The first-order chi connectivity index (χ1) is 14.6. The van der Waals surface area contributed by atoms with Gasteiger partial charge in [0.25, 0.3) is 11.1 Å². The topological polar surface area (TPSA) is 69.3 Å². The van der Waals surface area contributed by atoms with E-state index in [9.17, 15) is 9.59 Å². The molecule has 5 aromatic rings. The molecule has 0 unspecified atom stereocenters. The van der Waals surface area contributed by atoms with E-state index in [1.54, 1.807) is 30.5 Å². The third-order valence-electron chi connectivity index (χ3n) is 4.54. The highest BCUT2D eigenvalue weighted by molar-refractivity contribution is 7.98. The Balaban J connectivity index is 1.64. The van der Waals surface area contributed by atoms with Crippen LogP contribution in [0, 0.1) is 0 Å². The molecule has 2 aromatic carbocycles. The lowest BCUT2D eigenvalue weighted by Gasteiger charge is -2.14. The second-order valence-corrected chi connectivity index (χ2v) is 8.66. The van der Waals surface area contributed by atoms with E-state index in [0.29, 0.717) is 43.2 Å². The highest BCUT2D eigenvalue weighted by Gasteiger charge is 2.16. The fourth-order valence-electron chi connectivity index (χ4n) is 3.15. The zero-order valence-electron chi connectivity index (χ0n) is 15.4. The van der Waals surface area contributed by atoms with Crippen LogP contribution in [0.15, 0.2) is 80.9 Å². The first-order valence-electron chi connectivity index (χ1n) is 8.97. The number of hydrogen-bond acceptors (Lipinski definition) is 6. The van der Waals surface area contributed by atoms with E-state index >= 15 is 0 Å².